The standard InChI is InChI=1S/C13H15BrFNO2/c1-18-10-4-3-9(7-10)16-13(17)11-6-8(15)2-5-12(11)14/h2,5-6,9-10H,3-4,7H2,1H3,(H,16,17). The van der Waals surface area contributed by atoms with Crippen molar-refractivity contribution in [2.45, 2.75) is 31.4 Å². The van der Waals surface area contributed by atoms with Crippen LogP contribution in [0.25, 0.3) is 0 Å². The van der Waals surface area contributed by atoms with Gasteiger partial charge in [-0.3, -0.25) is 4.79 Å². The summed E-state index contributed by atoms with van der Waals surface area (Å²) in [6.45, 7) is 0. The highest BCUT2D eigenvalue weighted by atomic mass is 79.9. The number of rotatable bonds is 3. The van der Waals surface area contributed by atoms with E-state index < -0.39 is 5.82 Å². The maximum absolute atomic E-state index is 13.1. The van der Waals surface area contributed by atoms with Gasteiger partial charge in [0.2, 0.25) is 0 Å². The quantitative estimate of drug-likeness (QED) is 0.931. The summed E-state index contributed by atoms with van der Waals surface area (Å²) in [4.78, 5) is 12.0. The van der Waals surface area contributed by atoms with Gasteiger partial charge in [-0.1, -0.05) is 0 Å². The van der Waals surface area contributed by atoms with E-state index in [1.54, 1.807) is 7.11 Å². The molecule has 1 aromatic rings. The van der Waals surface area contributed by atoms with Crippen molar-refractivity contribution < 1.29 is 13.9 Å². The molecule has 1 aliphatic rings. The predicted octanol–water partition coefficient (Wildman–Crippen LogP) is 2.89. The first-order valence-corrected chi connectivity index (χ1v) is 6.68. The van der Waals surface area contributed by atoms with E-state index in [2.05, 4.69) is 21.2 Å². The first-order valence-electron chi connectivity index (χ1n) is 5.89. The topological polar surface area (TPSA) is 38.3 Å². The fourth-order valence-electron chi connectivity index (χ4n) is 2.22. The fourth-order valence-corrected chi connectivity index (χ4v) is 2.65. The van der Waals surface area contributed by atoms with Crippen molar-refractivity contribution in [2.75, 3.05) is 7.11 Å². The minimum Gasteiger partial charge on any atom is -0.381 e. The molecule has 1 fully saturated rings. The molecule has 0 bridgehead atoms. The number of hydrogen-bond acceptors (Lipinski definition) is 2. The lowest BCUT2D eigenvalue weighted by Crippen LogP contribution is -2.33. The van der Waals surface area contributed by atoms with Gasteiger partial charge in [-0.2, -0.15) is 0 Å². The smallest absolute Gasteiger partial charge is 0.252 e. The normalized spacial score (nSPS) is 23.1. The molecule has 0 spiro atoms. The van der Waals surface area contributed by atoms with Crippen molar-refractivity contribution in [1.82, 2.24) is 5.32 Å². The molecule has 0 aromatic heterocycles. The van der Waals surface area contributed by atoms with Crippen molar-refractivity contribution in [1.29, 1.82) is 0 Å². The first-order chi connectivity index (χ1) is 8.60. The zero-order valence-electron chi connectivity index (χ0n) is 10.1. The molecule has 0 heterocycles. The molecule has 98 valence electrons. The lowest BCUT2D eigenvalue weighted by molar-refractivity contribution is 0.0914. The molecule has 1 saturated carbocycles. The average Bonchev–Trinajstić information content (AvgIpc) is 2.80. The van der Waals surface area contributed by atoms with E-state index in [1.165, 1.54) is 18.2 Å². The molecule has 3 nitrogen and oxygen atoms in total. The van der Waals surface area contributed by atoms with Crippen LogP contribution in [0.5, 0.6) is 0 Å². The van der Waals surface area contributed by atoms with Crippen LogP contribution >= 0.6 is 15.9 Å². The summed E-state index contributed by atoms with van der Waals surface area (Å²) < 4.78 is 19.0. The zero-order valence-corrected chi connectivity index (χ0v) is 11.7. The Hall–Kier alpha value is -0.940. The lowest BCUT2D eigenvalue weighted by Gasteiger charge is -2.13. The minimum atomic E-state index is -0.412. The molecule has 0 saturated heterocycles. The van der Waals surface area contributed by atoms with Gasteiger partial charge in [-0.05, 0) is 53.4 Å². The van der Waals surface area contributed by atoms with Gasteiger partial charge in [0.1, 0.15) is 5.82 Å². The molecular weight excluding hydrogens is 301 g/mol. The van der Waals surface area contributed by atoms with E-state index in [9.17, 15) is 9.18 Å². The summed E-state index contributed by atoms with van der Waals surface area (Å²) in [6.07, 6.45) is 2.88. The van der Waals surface area contributed by atoms with E-state index in [0.717, 1.165) is 19.3 Å². The van der Waals surface area contributed by atoms with Crippen LogP contribution in [-0.4, -0.2) is 25.2 Å². The maximum Gasteiger partial charge on any atom is 0.252 e. The second-order valence-corrected chi connectivity index (χ2v) is 5.32. The number of halogens is 2. The molecule has 0 aliphatic heterocycles. The number of hydrogen-bond donors (Lipinski definition) is 1. The van der Waals surface area contributed by atoms with Crippen LogP contribution in [0.15, 0.2) is 22.7 Å². The second kappa shape index (κ2) is 5.80. The highest BCUT2D eigenvalue weighted by Gasteiger charge is 2.26. The number of methoxy groups -OCH3 is 1. The van der Waals surface area contributed by atoms with Crippen LogP contribution in [0.1, 0.15) is 29.6 Å². The number of benzene rings is 1. The molecular formula is C13H15BrFNO2. The third-order valence-electron chi connectivity index (χ3n) is 3.23. The highest BCUT2D eigenvalue weighted by molar-refractivity contribution is 9.10. The Labute approximate surface area is 114 Å². The minimum absolute atomic E-state index is 0.109. The van der Waals surface area contributed by atoms with Gasteiger partial charge in [0.05, 0.1) is 11.7 Å². The van der Waals surface area contributed by atoms with E-state index in [1.807, 2.05) is 0 Å². The molecule has 1 aliphatic carbocycles. The number of carbonyl (C=O) groups excluding carboxylic acids is 1. The molecule has 18 heavy (non-hydrogen) atoms. The van der Waals surface area contributed by atoms with Gasteiger partial charge in [-0.25, -0.2) is 4.39 Å². The number of ether oxygens (including phenoxy) is 1. The Balaban J connectivity index is 2.02. The SMILES string of the molecule is COC1CCC(NC(=O)c2cc(F)ccc2Br)C1. The van der Waals surface area contributed by atoms with Gasteiger partial charge in [0.15, 0.2) is 0 Å². The zero-order chi connectivity index (χ0) is 13.1. The third kappa shape index (κ3) is 3.09. The van der Waals surface area contributed by atoms with Crippen LogP contribution in [0.4, 0.5) is 4.39 Å². The molecule has 1 N–H and O–H groups in total. The van der Waals surface area contributed by atoms with Crippen LogP contribution in [-0.2, 0) is 4.74 Å². The number of carbonyl (C=O) groups is 1. The van der Waals surface area contributed by atoms with Crippen LogP contribution in [0.2, 0.25) is 0 Å². The summed E-state index contributed by atoms with van der Waals surface area (Å²) in [7, 11) is 1.68. The van der Waals surface area contributed by atoms with Gasteiger partial charge in [0, 0.05) is 17.6 Å². The van der Waals surface area contributed by atoms with E-state index in [4.69, 9.17) is 4.74 Å². The molecule has 5 heteroatoms. The average molecular weight is 316 g/mol. The molecule has 2 rings (SSSR count). The maximum atomic E-state index is 13.1. The Morgan fingerprint density at radius 2 is 2.28 bits per heavy atom. The van der Waals surface area contributed by atoms with Crippen molar-refractivity contribution >= 4 is 21.8 Å². The van der Waals surface area contributed by atoms with E-state index in [-0.39, 0.29) is 18.1 Å². The number of nitrogens with one attached hydrogen (secondary N) is 1. The largest absolute Gasteiger partial charge is 0.381 e. The number of amides is 1. The van der Waals surface area contributed by atoms with Crippen LogP contribution < -0.4 is 5.32 Å². The van der Waals surface area contributed by atoms with Gasteiger partial charge >= 0.3 is 0 Å². The Morgan fingerprint density at radius 3 is 2.94 bits per heavy atom. The third-order valence-corrected chi connectivity index (χ3v) is 3.92. The molecule has 1 aromatic carbocycles. The van der Waals surface area contributed by atoms with Crippen molar-refractivity contribution in [2.24, 2.45) is 0 Å². The Kier molecular flexibility index (Phi) is 4.35. The Bertz CT molecular complexity index is 453. The first kappa shape index (κ1) is 13.5. The van der Waals surface area contributed by atoms with Gasteiger partial charge in [0.25, 0.3) is 5.91 Å². The van der Waals surface area contributed by atoms with Crippen LogP contribution in [0, 0.1) is 5.82 Å². The van der Waals surface area contributed by atoms with Gasteiger partial charge < -0.3 is 10.1 Å². The Morgan fingerprint density at radius 1 is 1.50 bits per heavy atom. The second-order valence-electron chi connectivity index (χ2n) is 4.47. The molecule has 2 atom stereocenters. The lowest BCUT2D eigenvalue weighted by atomic mass is 10.1. The summed E-state index contributed by atoms with van der Waals surface area (Å²) in [5.41, 5.74) is 0.330. The highest BCUT2D eigenvalue weighted by Crippen LogP contribution is 2.23. The molecule has 2 unspecified atom stereocenters. The predicted molar refractivity (Wildman–Crippen MR) is 70.0 cm³/mol. The molecule has 1 amide bonds. The fraction of sp³-hybridized carbons (Fsp3) is 0.462. The monoisotopic (exact) mass is 315 g/mol. The van der Waals surface area contributed by atoms with Crippen molar-refractivity contribution in [3.05, 3.63) is 34.1 Å². The summed E-state index contributed by atoms with van der Waals surface area (Å²) in [5.74, 6) is -0.660. The van der Waals surface area contributed by atoms with Crippen molar-refractivity contribution in [3.63, 3.8) is 0 Å². The summed E-state index contributed by atoms with van der Waals surface area (Å²) in [6, 6.07) is 4.20. The summed E-state index contributed by atoms with van der Waals surface area (Å²) in [5, 5.41) is 2.91. The molecule has 0 radical (unpaired) electrons. The van der Waals surface area contributed by atoms with Crippen LogP contribution in [0.3, 0.4) is 0 Å². The van der Waals surface area contributed by atoms with Crippen molar-refractivity contribution in [3.8, 4) is 0 Å². The van der Waals surface area contributed by atoms with E-state index >= 15 is 0 Å². The van der Waals surface area contributed by atoms with E-state index in [0.29, 0.717) is 10.0 Å². The summed E-state index contributed by atoms with van der Waals surface area (Å²) >= 11 is 3.25. The van der Waals surface area contributed by atoms with Gasteiger partial charge in [-0.15, -0.1) is 0 Å².